The van der Waals surface area contributed by atoms with Crippen LogP contribution in [0, 0.1) is 0 Å². The average Bonchev–Trinajstić information content (AvgIpc) is 3.10. The number of benzene rings is 1. The summed E-state index contributed by atoms with van der Waals surface area (Å²) in [5.74, 6) is -0.640. The number of nitrogens with two attached hydrogens (primary N) is 1. The number of nitrogens with zero attached hydrogens (tertiary/aromatic N) is 2. The molecule has 1 fully saturated rings. The summed E-state index contributed by atoms with van der Waals surface area (Å²) in [4.78, 5) is 28.4. The van der Waals surface area contributed by atoms with Crippen LogP contribution in [0.4, 0.5) is 10.7 Å². The van der Waals surface area contributed by atoms with Crippen molar-refractivity contribution in [3.8, 4) is 0 Å². The summed E-state index contributed by atoms with van der Waals surface area (Å²) < 4.78 is 0. The Morgan fingerprint density at radius 3 is 2.44 bits per heavy atom. The number of para-hydroxylation sites is 1. The number of rotatable bonds is 5. The summed E-state index contributed by atoms with van der Waals surface area (Å²) >= 11 is 1.31. The molecule has 3 rings (SSSR count). The highest BCUT2D eigenvalue weighted by atomic mass is 32.1. The van der Waals surface area contributed by atoms with Gasteiger partial charge < -0.3 is 16.0 Å². The lowest BCUT2D eigenvalue weighted by Crippen LogP contribution is -2.52. The van der Waals surface area contributed by atoms with E-state index in [1.807, 2.05) is 25.1 Å². The Balaban J connectivity index is 1.57. The maximum Gasteiger partial charge on any atom is 0.251 e. The number of thiophene rings is 1. The highest BCUT2D eigenvalue weighted by Crippen LogP contribution is 2.23. The molecule has 1 aliphatic heterocycles. The second kappa shape index (κ2) is 7.67. The lowest BCUT2D eigenvalue weighted by atomic mass is 10.2. The Morgan fingerprint density at radius 1 is 1.12 bits per heavy atom. The average molecular weight is 358 g/mol. The van der Waals surface area contributed by atoms with Crippen molar-refractivity contribution >= 4 is 33.8 Å². The first-order valence-electron chi connectivity index (χ1n) is 8.28. The van der Waals surface area contributed by atoms with E-state index in [0.717, 1.165) is 26.2 Å². The van der Waals surface area contributed by atoms with Crippen molar-refractivity contribution in [2.75, 3.05) is 36.4 Å². The smallest absolute Gasteiger partial charge is 0.251 e. The van der Waals surface area contributed by atoms with Crippen LogP contribution in [0.1, 0.15) is 17.3 Å². The maximum atomic E-state index is 12.5. The monoisotopic (exact) mass is 358 g/mol. The third-order valence-electron chi connectivity index (χ3n) is 4.53. The van der Waals surface area contributed by atoms with Crippen LogP contribution >= 0.6 is 11.3 Å². The van der Waals surface area contributed by atoms with E-state index in [4.69, 9.17) is 5.73 Å². The predicted molar refractivity (Wildman–Crippen MR) is 101 cm³/mol. The first-order chi connectivity index (χ1) is 12.1. The second-order valence-electron chi connectivity index (χ2n) is 6.05. The maximum absolute atomic E-state index is 12.5. The van der Waals surface area contributed by atoms with Gasteiger partial charge >= 0.3 is 0 Å². The molecule has 2 aromatic rings. The molecule has 6 nitrogen and oxygen atoms in total. The summed E-state index contributed by atoms with van der Waals surface area (Å²) in [6, 6.07) is 11.7. The summed E-state index contributed by atoms with van der Waals surface area (Å²) in [6.07, 6.45) is 0. The van der Waals surface area contributed by atoms with Crippen molar-refractivity contribution in [3.05, 3.63) is 47.3 Å². The molecule has 1 aliphatic rings. The van der Waals surface area contributed by atoms with Gasteiger partial charge in [0.25, 0.3) is 5.91 Å². The Hall–Kier alpha value is -2.38. The molecule has 2 heterocycles. The molecule has 0 spiro atoms. The van der Waals surface area contributed by atoms with Crippen LogP contribution in [0.15, 0.2) is 41.8 Å². The minimum Gasteiger partial charge on any atom is -0.369 e. The van der Waals surface area contributed by atoms with E-state index in [1.54, 1.807) is 11.4 Å². The van der Waals surface area contributed by atoms with Gasteiger partial charge in [-0.1, -0.05) is 18.2 Å². The fraction of sp³-hybridized carbons (Fsp3) is 0.333. The molecule has 0 unspecified atom stereocenters. The molecule has 25 heavy (non-hydrogen) atoms. The topological polar surface area (TPSA) is 78.7 Å². The fourth-order valence-electron chi connectivity index (χ4n) is 2.99. The normalized spacial score (nSPS) is 16.4. The highest BCUT2D eigenvalue weighted by Gasteiger charge is 2.26. The molecule has 0 bridgehead atoms. The standard InChI is InChI=1S/C18H22N4O2S/c1-13(17(24)20-18-15(16(19)23)7-12-25-18)21-8-10-22(11-9-21)14-5-3-2-4-6-14/h2-7,12-13H,8-11H2,1H3,(H2,19,23)(H,20,24)/t13-/m1/s1. The molecule has 132 valence electrons. The third kappa shape index (κ3) is 4.00. The number of amides is 2. The van der Waals surface area contributed by atoms with Crippen molar-refractivity contribution in [1.82, 2.24) is 4.90 Å². The first-order valence-corrected chi connectivity index (χ1v) is 9.16. The van der Waals surface area contributed by atoms with E-state index in [0.29, 0.717) is 10.6 Å². The van der Waals surface area contributed by atoms with Gasteiger partial charge in [0.15, 0.2) is 0 Å². The van der Waals surface area contributed by atoms with Gasteiger partial charge in [0.1, 0.15) is 5.00 Å². The van der Waals surface area contributed by atoms with E-state index in [9.17, 15) is 9.59 Å². The van der Waals surface area contributed by atoms with Crippen molar-refractivity contribution in [1.29, 1.82) is 0 Å². The Bertz CT molecular complexity index is 739. The molecule has 0 saturated carbocycles. The van der Waals surface area contributed by atoms with E-state index < -0.39 is 5.91 Å². The van der Waals surface area contributed by atoms with Crippen molar-refractivity contribution < 1.29 is 9.59 Å². The molecule has 2 amide bonds. The first kappa shape index (κ1) is 17.4. The minimum absolute atomic E-state index is 0.113. The molecule has 0 aliphatic carbocycles. The van der Waals surface area contributed by atoms with Gasteiger partial charge in [-0.05, 0) is 30.5 Å². The van der Waals surface area contributed by atoms with Crippen LogP contribution in [0.2, 0.25) is 0 Å². The Morgan fingerprint density at radius 2 is 1.80 bits per heavy atom. The van der Waals surface area contributed by atoms with Crippen molar-refractivity contribution in [3.63, 3.8) is 0 Å². The molecular formula is C18H22N4O2S. The SMILES string of the molecule is C[C@H](C(=O)Nc1sccc1C(N)=O)N1CCN(c2ccccc2)CC1. The zero-order chi connectivity index (χ0) is 17.8. The quantitative estimate of drug-likeness (QED) is 0.857. The van der Waals surface area contributed by atoms with Crippen LogP contribution in [0.3, 0.4) is 0 Å². The van der Waals surface area contributed by atoms with Gasteiger partial charge in [0.2, 0.25) is 5.91 Å². The van der Waals surface area contributed by atoms with Crippen LogP contribution in [0.25, 0.3) is 0 Å². The number of carbonyl (C=O) groups excluding carboxylic acids is 2. The molecular weight excluding hydrogens is 336 g/mol. The number of hydrogen-bond donors (Lipinski definition) is 2. The van der Waals surface area contributed by atoms with Crippen LogP contribution in [-0.2, 0) is 4.79 Å². The van der Waals surface area contributed by atoms with Gasteiger partial charge in [-0.25, -0.2) is 0 Å². The summed E-state index contributed by atoms with van der Waals surface area (Å²) in [6.45, 7) is 5.29. The molecule has 1 saturated heterocycles. The molecule has 1 atom stereocenters. The van der Waals surface area contributed by atoms with Gasteiger partial charge in [-0.3, -0.25) is 14.5 Å². The largest absolute Gasteiger partial charge is 0.369 e. The fourth-order valence-corrected chi connectivity index (χ4v) is 3.78. The Kier molecular flexibility index (Phi) is 5.35. The zero-order valence-electron chi connectivity index (χ0n) is 14.1. The van der Waals surface area contributed by atoms with E-state index in [2.05, 4.69) is 27.2 Å². The number of primary amides is 1. The van der Waals surface area contributed by atoms with Gasteiger partial charge in [-0.15, -0.1) is 11.3 Å². The third-order valence-corrected chi connectivity index (χ3v) is 5.36. The van der Waals surface area contributed by atoms with Crippen LogP contribution < -0.4 is 16.0 Å². The lowest BCUT2D eigenvalue weighted by molar-refractivity contribution is -0.120. The zero-order valence-corrected chi connectivity index (χ0v) is 15.0. The van der Waals surface area contributed by atoms with E-state index in [1.165, 1.54) is 17.0 Å². The predicted octanol–water partition coefficient (Wildman–Crippen LogP) is 2.00. The summed E-state index contributed by atoms with van der Waals surface area (Å²) in [5, 5.41) is 5.10. The highest BCUT2D eigenvalue weighted by molar-refractivity contribution is 7.14. The Labute approximate surface area is 151 Å². The van der Waals surface area contributed by atoms with E-state index >= 15 is 0 Å². The number of anilines is 2. The molecule has 3 N–H and O–H groups in total. The van der Waals surface area contributed by atoms with Crippen LogP contribution in [0.5, 0.6) is 0 Å². The number of piperazine rings is 1. The lowest BCUT2D eigenvalue weighted by Gasteiger charge is -2.38. The number of hydrogen-bond acceptors (Lipinski definition) is 5. The second-order valence-corrected chi connectivity index (χ2v) is 6.97. The molecule has 1 aromatic heterocycles. The van der Waals surface area contributed by atoms with E-state index in [-0.39, 0.29) is 11.9 Å². The minimum atomic E-state index is -0.527. The summed E-state index contributed by atoms with van der Waals surface area (Å²) in [5.41, 5.74) is 6.90. The van der Waals surface area contributed by atoms with Crippen molar-refractivity contribution in [2.24, 2.45) is 5.73 Å². The number of carbonyl (C=O) groups is 2. The van der Waals surface area contributed by atoms with Crippen molar-refractivity contribution in [2.45, 2.75) is 13.0 Å². The molecule has 0 radical (unpaired) electrons. The molecule has 1 aromatic carbocycles. The van der Waals surface area contributed by atoms with Gasteiger partial charge in [0, 0.05) is 31.9 Å². The molecule has 7 heteroatoms. The van der Waals surface area contributed by atoms with Crippen LogP contribution in [-0.4, -0.2) is 48.9 Å². The number of nitrogens with one attached hydrogen (secondary N) is 1. The van der Waals surface area contributed by atoms with Gasteiger partial charge in [0.05, 0.1) is 11.6 Å². The summed E-state index contributed by atoms with van der Waals surface area (Å²) in [7, 11) is 0. The van der Waals surface area contributed by atoms with Gasteiger partial charge in [-0.2, -0.15) is 0 Å².